The highest BCUT2D eigenvalue weighted by molar-refractivity contribution is 6.01. The highest BCUT2D eigenvalue weighted by atomic mass is 16.5. The zero-order chi connectivity index (χ0) is 31.4. The minimum absolute atomic E-state index is 0.0448. The van der Waals surface area contributed by atoms with Crippen molar-refractivity contribution >= 4 is 35.3 Å². The summed E-state index contributed by atoms with van der Waals surface area (Å²) < 4.78 is 5.49. The molecule has 0 fully saturated rings. The van der Waals surface area contributed by atoms with E-state index in [-0.39, 0.29) is 37.0 Å². The molecule has 0 spiro atoms. The number of carboxylic acids is 1. The minimum Gasteiger partial charge on any atom is -0.495 e. The maximum absolute atomic E-state index is 13.3. The number of para-hydroxylation sites is 1. The molecule has 0 saturated carbocycles. The van der Waals surface area contributed by atoms with E-state index in [1.165, 1.54) is 14.0 Å². The molecule has 230 valence electrons. The quantitative estimate of drug-likeness (QED) is 0.248. The molecule has 42 heavy (non-hydrogen) atoms. The van der Waals surface area contributed by atoms with Crippen molar-refractivity contribution in [2.75, 3.05) is 37.4 Å². The molecule has 11 nitrogen and oxygen atoms in total. The molecule has 1 atom stereocenters. The van der Waals surface area contributed by atoms with Crippen LogP contribution in [0.5, 0.6) is 5.75 Å². The molecule has 0 aromatic heterocycles. The lowest BCUT2D eigenvalue weighted by molar-refractivity contribution is -0.140. The van der Waals surface area contributed by atoms with Crippen LogP contribution in [0.25, 0.3) is 0 Å². The highest BCUT2D eigenvalue weighted by Gasteiger charge is 2.22. The summed E-state index contributed by atoms with van der Waals surface area (Å²) in [4.78, 5) is 53.0. The number of anilines is 2. The summed E-state index contributed by atoms with van der Waals surface area (Å²) in [6, 6.07) is 11.8. The second-order valence-electron chi connectivity index (χ2n) is 10.9. The van der Waals surface area contributed by atoms with Crippen LogP contribution in [0.15, 0.2) is 42.5 Å². The van der Waals surface area contributed by atoms with E-state index < -0.39 is 17.9 Å². The van der Waals surface area contributed by atoms with Crippen molar-refractivity contribution in [1.29, 1.82) is 0 Å². The third-order valence-corrected chi connectivity index (χ3v) is 6.87. The number of benzene rings is 2. The first-order valence-electron chi connectivity index (χ1n) is 14.2. The number of rotatable bonds is 14. The number of amides is 5. The monoisotopic (exact) mass is 583 g/mol. The fourth-order valence-corrected chi connectivity index (χ4v) is 4.32. The van der Waals surface area contributed by atoms with Crippen molar-refractivity contribution in [1.82, 2.24) is 15.1 Å². The Hall–Kier alpha value is -4.28. The number of carboxylic acid groups (broad SMARTS) is 1. The number of methoxy groups -OCH3 is 1. The van der Waals surface area contributed by atoms with E-state index in [4.69, 9.17) is 9.84 Å². The zero-order valence-electron chi connectivity index (χ0n) is 25.7. The molecule has 2 rings (SSSR count). The first kappa shape index (κ1) is 33.9. The molecule has 11 heteroatoms. The number of nitrogens with one attached hydrogen (secondary N) is 3. The van der Waals surface area contributed by atoms with E-state index in [0.29, 0.717) is 36.6 Å². The number of aliphatic carboxylic acids is 1. The van der Waals surface area contributed by atoms with Gasteiger partial charge in [-0.2, -0.15) is 0 Å². The van der Waals surface area contributed by atoms with Gasteiger partial charge in [-0.1, -0.05) is 31.2 Å². The van der Waals surface area contributed by atoms with Crippen molar-refractivity contribution < 1.29 is 29.0 Å². The summed E-state index contributed by atoms with van der Waals surface area (Å²) in [5, 5.41) is 17.4. The van der Waals surface area contributed by atoms with Crippen molar-refractivity contribution in [3.63, 3.8) is 0 Å². The fraction of sp³-hybridized carbons (Fsp3) is 0.484. The molecule has 2 aromatic carbocycles. The Morgan fingerprint density at radius 3 is 2.10 bits per heavy atom. The van der Waals surface area contributed by atoms with Gasteiger partial charge in [-0.25, -0.2) is 9.59 Å². The first-order valence-corrected chi connectivity index (χ1v) is 14.2. The smallest absolute Gasteiger partial charge is 0.323 e. The standard InChI is InChI=1S/C31H45N5O6/c1-20(2)35(15-10-16-36(21(3)4)31(41)32-19-23(6)29(38)39)28(37)18-24-13-14-26(27(17-24)42-7)34-30(40)33-25-12-9-8-11-22(25)5/h8-9,11-14,17,20-21,23H,10,15-16,18-19H2,1-7H3,(H,32,41)(H,38,39)(H2,33,34,40). The van der Waals surface area contributed by atoms with Crippen LogP contribution in [-0.2, 0) is 16.0 Å². The van der Waals surface area contributed by atoms with Gasteiger partial charge in [0, 0.05) is 37.4 Å². The lowest BCUT2D eigenvalue weighted by atomic mass is 10.1. The summed E-state index contributed by atoms with van der Waals surface area (Å²) in [6.45, 7) is 12.0. The summed E-state index contributed by atoms with van der Waals surface area (Å²) in [5.41, 5.74) is 2.86. The van der Waals surface area contributed by atoms with E-state index in [1.807, 2.05) is 58.9 Å². The lowest BCUT2D eigenvalue weighted by Crippen LogP contribution is -2.47. The molecule has 0 aliphatic carbocycles. The molecule has 2 aromatic rings. The van der Waals surface area contributed by atoms with Crippen LogP contribution in [0.2, 0.25) is 0 Å². The molecule has 5 amide bonds. The summed E-state index contributed by atoms with van der Waals surface area (Å²) in [5.74, 6) is -1.28. The van der Waals surface area contributed by atoms with Crippen LogP contribution in [0.3, 0.4) is 0 Å². The van der Waals surface area contributed by atoms with Gasteiger partial charge in [0.2, 0.25) is 5.91 Å². The third kappa shape index (κ3) is 10.3. The van der Waals surface area contributed by atoms with Gasteiger partial charge in [0.15, 0.2) is 0 Å². The Bertz CT molecular complexity index is 1230. The Labute approximate surface area is 248 Å². The van der Waals surface area contributed by atoms with Crippen molar-refractivity contribution in [2.24, 2.45) is 5.92 Å². The maximum Gasteiger partial charge on any atom is 0.323 e. The fourth-order valence-electron chi connectivity index (χ4n) is 4.32. The maximum atomic E-state index is 13.3. The van der Waals surface area contributed by atoms with Crippen LogP contribution in [0.1, 0.15) is 52.2 Å². The van der Waals surface area contributed by atoms with Gasteiger partial charge in [0.05, 0.1) is 25.1 Å². The Morgan fingerprint density at radius 1 is 0.881 bits per heavy atom. The largest absolute Gasteiger partial charge is 0.495 e. The molecular formula is C31H45N5O6. The molecule has 1 unspecified atom stereocenters. The third-order valence-electron chi connectivity index (χ3n) is 6.87. The normalized spacial score (nSPS) is 11.5. The SMILES string of the molecule is COc1cc(CC(=O)N(CCCN(C(=O)NCC(C)C(=O)O)C(C)C)C(C)C)ccc1NC(=O)Nc1ccccc1C. The van der Waals surface area contributed by atoms with Crippen LogP contribution >= 0.6 is 0 Å². The zero-order valence-corrected chi connectivity index (χ0v) is 25.7. The molecule has 0 aliphatic rings. The topological polar surface area (TPSA) is 140 Å². The van der Waals surface area contributed by atoms with Crippen LogP contribution in [-0.4, -0.2) is 77.7 Å². The van der Waals surface area contributed by atoms with Crippen LogP contribution < -0.4 is 20.7 Å². The summed E-state index contributed by atoms with van der Waals surface area (Å²) >= 11 is 0. The predicted octanol–water partition coefficient (Wildman–Crippen LogP) is 4.96. The van der Waals surface area contributed by atoms with Gasteiger partial charge < -0.3 is 35.6 Å². The van der Waals surface area contributed by atoms with Gasteiger partial charge in [-0.3, -0.25) is 9.59 Å². The van der Waals surface area contributed by atoms with Gasteiger partial charge in [0.1, 0.15) is 5.75 Å². The average molecular weight is 584 g/mol. The van der Waals surface area contributed by atoms with Gasteiger partial charge in [-0.05, 0) is 70.4 Å². The van der Waals surface area contributed by atoms with E-state index in [1.54, 1.807) is 28.0 Å². The van der Waals surface area contributed by atoms with Gasteiger partial charge >= 0.3 is 18.0 Å². The second kappa shape index (κ2) is 16.2. The minimum atomic E-state index is -0.968. The molecule has 0 saturated heterocycles. The number of aryl methyl sites for hydroxylation is 1. The van der Waals surface area contributed by atoms with Crippen LogP contribution in [0.4, 0.5) is 21.0 Å². The van der Waals surface area contributed by atoms with Crippen LogP contribution in [0, 0.1) is 12.8 Å². The van der Waals surface area contributed by atoms with E-state index >= 15 is 0 Å². The number of nitrogens with zero attached hydrogens (tertiary/aromatic N) is 2. The number of hydrogen-bond acceptors (Lipinski definition) is 5. The molecule has 4 N–H and O–H groups in total. The Morgan fingerprint density at radius 2 is 1.50 bits per heavy atom. The van der Waals surface area contributed by atoms with Gasteiger partial charge in [-0.15, -0.1) is 0 Å². The molecule has 0 radical (unpaired) electrons. The molecule has 0 bridgehead atoms. The predicted molar refractivity (Wildman–Crippen MR) is 164 cm³/mol. The highest BCUT2D eigenvalue weighted by Crippen LogP contribution is 2.27. The molecule has 0 aliphatic heterocycles. The van der Waals surface area contributed by atoms with E-state index in [9.17, 15) is 19.2 Å². The van der Waals surface area contributed by atoms with E-state index in [2.05, 4.69) is 16.0 Å². The van der Waals surface area contributed by atoms with Crippen molar-refractivity contribution in [2.45, 2.75) is 66.5 Å². The van der Waals surface area contributed by atoms with Gasteiger partial charge in [0.25, 0.3) is 0 Å². The molecule has 0 heterocycles. The molecular weight excluding hydrogens is 538 g/mol. The Kier molecular flexibility index (Phi) is 13.1. The summed E-state index contributed by atoms with van der Waals surface area (Å²) in [7, 11) is 1.50. The number of hydrogen-bond donors (Lipinski definition) is 4. The number of urea groups is 2. The van der Waals surface area contributed by atoms with Crippen molar-refractivity contribution in [3.8, 4) is 5.75 Å². The second-order valence-corrected chi connectivity index (χ2v) is 10.9. The van der Waals surface area contributed by atoms with E-state index in [0.717, 1.165) is 11.1 Å². The van der Waals surface area contributed by atoms with Crippen molar-refractivity contribution in [3.05, 3.63) is 53.6 Å². The number of carbonyl (C=O) groups excluding carboxylic acids is 3. The lowest BCUT2D eigenvalue weighted by Gasteiger charge is -2.31. The number of carbonyl (C=O) groups is 4. The number of ether oxygens (including phenoxy) is 1. The average Bonchev–Trinajstić information content (AvgIpc) is 2.92. The first-order chi connectivity index (χ1) is 19.8. The summed E-state index contributed by atoms with van der Waals surface area (Å²) in [6.07, 6.45) is 0.706. The Balaban J connectivity index is 1.99.